The maximum absolute atomic E-state index is 4.28. The monoisotopic (exact) mass is 210 g/mol. The number of hydrogen-bond acceptors (Lipinski definition) is 3. The van der Waals surface area contributed by atoms with E-state index in [1.165, 1.54) is 0 Å². The van der Waals surface area contributed by atoms with Gasteiger partial charge in [-0.2, -0.15) is 5.10 Å². The predicted molar refractivity (Wildman–Crippen MR) is 61.0 cm³/mol. The van der Waals surface area contributed by atoms with Gasteiger partial charge in [0.15, 0.2) is 5.65 Å². The molecule has 0 spiro atoms. The van der Waals surface area contributed by atoms with Gasteiger partial charge < -0.3 is 0 Å². The minimum absolute atomic E-state index is 0.848. The highest BCUT2D eigenvalue weighted by molar-refractivity contribution is 5.68. The van der Waals surface area contributed by atoms with E-state index in [1.54, 1.807) is 17.0 Å². The van der Waals surface area contributed by atoms with E-state index in [2.05, 4.69) is 21.1 Å². The second kappa shape index (κ2) is 3.41. The Morgan fingerprint density at radius 2 is 2.12 bits per heavy atom. The topological polar surface area (TPSA) is 43.1 Å². The van der Waals surface area contributed by atoms with Gasteiger partial charge in [-0.3, -0.25) is 4.98 Å². The van der Waals surface area contributed by atoms with E-state index in [9.17, 15) is 0 Å². The van der Waals surface area contributed by atoms with Crippen LogP contribution in [0.5, 0.6) is 0 Å². The van der Waals surface area contributed by atoms with Crippen molar-refractivity contribution in [3.05, 3.63) is 48.7 Å². The summed E-state index contributed by atoms with van der Waals surface area (Å²) in [6, 6.07) is 8.03. The van der Waals surface area contributed by atoms with Crippen molar-refractivity contribution in [2.75, 3.05) is 0 Å². The Hall–Kier alpha value is -2.23. The summed E-state index contributed by atoms with van der Waals surface area (Å²) in [6.07, 6.45) is 5.26. The van der Waals surface area contributed by atoms with Gasteiger partial charge in [-0.1, -0.05) is 6.07 Å². The van der Waals surface area contributed by atoms with Gasteiger partial charge in [0, 0.05) is 23.7 Å². The van der Waals surface area contributed by atoms with E-state index in [1.807, 2.05) is 31.3 Å². The van der Waals surface area contributed by atoms with Crippen molar-refractivity contribution in [1.82, 2.24) is 19.6 Å². The second-order valence-electron chi connectivity index (χ2n) is 3.61. The zero-order chi connectivity index (χ0) is 11.0. The average molecular weight is 210 g/mol. The van der Waals surface area contributed by atoms with E-state index >= 15 is 0 Å². The fraction of sp³-hybridized carbons (Fsp3) is 0.0833. The first-order valence-electron chi connectivity index (χ1n) is 5.06. The summed E-state index contributed by atoms with van der Waals surface area (Å²) in [7, 11) is 0. The third kappa shape index (κ3) is 1.35. The van der Waals surface area contributed by atoms with Gasteiger partial charge in [-0.05, 0) is 30.7 Å². The molecule has 0 aliphatic heterocycles. The molecule has 0 atom stereocenters. The van der Waals surface area contributed by atoms with Crippen LogP contribution < -0.4 is 0 Å². The van der Waals surface area contributed by atoms with Crippen LogP contribution in [0.3, 0.4) is 0 Å². The molecule has 3 aromatic rings. The van der Waals surface area contributed by atoms with Gasteiger partial charge in [0.2, 0.25) is 0 Å². The lowest BCUT2D eigenvalue weighted by molar-refractivity contribution is 0.961. The summed E-state index contributed by atoms with van der Waals surface area (Å²) in [6.45, 7) is 2.00. The molecule has 0 aliphatic rings. The van der Waals surface area contributed by atoms with Crippen LogP contribution in [-0.4, -0.2) is 19.6 Å². The van der Waals surface area contributed by atoms with Crippen molar-refractivity contribution < 1.29 is 0 Å². The number of hydrogen-bond donors (Lipinski definition) is 0. The Bertz CT molecular complexity index is 642. The fourth-order valence-electron chi connectivity index (χ4n) is 1.77. The Balaban J connectivity index is 2.22. The lowest BCUT2D eigenvalue weighted by Gasteiger charge is -2.04. The van der Waals surface area contributed by atoms with Crippen LogP contribution in [0.15, 0.2) is 43.0 Å². The third-order valence-corrected chi connectivity index (χ3v) is 2.60. The molecule has 78 valence electrons. The Morgan fingerprint density at radius 3 is 3.00 bits per heavy atom. The minimum Gasteiger partial charge on any atom is -0.261 e. The number of fused-ring (bicyclic) bond motifs is 1. The van der Waals surface area contributed by atoms with E-state index < -0.39 is 0 Å². The molecule has 3 aromatic heterocycles. The van der Waals surface area contributed by atoms with Crippen LogP contribution in [0, 0.1) is 6.92 Å². The standard InChI is InChI=1S/C12H10N4/c1-9-11(3-2-5-13-9)10-4-6-16-12(7-10)14-8-15-16/h2-8H,1H3. The van der Waals surface area contributed by atoms with E-state index in [0.29, 0.717) is 0 Å². The maximum Gasteiger partial charge on any atom is 0.155 e. The van der Waals surface area contributed by atoms with Crippen LogP contribution in [0.1, 0.15) is 5.69 Å². The first-order chi connectivity index (χ1) is 7.84. The molecule has 16 heavy (non-hydrogen) atoms. The average Bonchev–Trinajstić information content (AvgIpc) is 2.76. The lowest BCUT2D eigenvalue weighted by Crippen LogP contribution is -1.90. The number of pyridine rings is 2. The Kier molecular flexibility index (Phi) is 1.93. The van der Waals surface area contributed by atoms with Crippen LogP contribution >= 0.6 is 0 Å². The molecule has 0 aliphatic carbocycles. The molecule has 0 fully saturated rings. The van der Waals surface area contributed by atoms with Gasteiger partial charge in [-0.15, -0.1) is 0 Å². The zero-order valence-corrected chi connectivity index (χ0v) is 8.83. The fourth-order valence-corrected chi connectivity index (χ4v) is 1.77. The summed E-state index contributed by atoms with van der Waals surface area (Å²) < 4.78 is 1.75. The molecular weight excluding hydrogens is 200 g/mol. The maximum atomic E-state index is 4.28. The SMILES string of the molecule is Cc1ncccc1-c1ccn2ncnc2c1. The van der Waals surface area contributed by atoms with Crippen molar-refractivity contribution in [1.29, 1.82) is 0 Å². The smallest absolute Gasteiger partial charge is 0.155 e. The molecule has 0 unspecified atom stereocenters. The van der Waals surface area contributed by atoms with Crippen LogP contribution in [-0.2, 0) is 0 Å². The minimum atomic E-state index is 0.848. The van der Waals surface area contributed by atoms with Crippen LogP contribution in [0.2, 0.25) is 0 Å². The highest BCUT2D eigenvalue weighted by atomic mass is 15.3. The second-order valence-corrected chi connectivity index (χ2v) is 3.61. The largest absolute Gasteiger partial charge is 0.261 e. The highest BCUT2D eigenvalue weighted by Crippen LogP contribution is 2.21. The molecule has 0 radical (unpaired) electrons. The van der Waals surface area contributed by atoms with E-state index in [-0.39, 0.29) is 0 Å². The number of nitrogens with zero attached hydrogens (tertiary/aromatic N) is 4. The molecule has 0 N–H and O–H groups in total. The van der Waals surface area contributed by atoms with Crippen LogP contribution in [0.25, 0.3) is 16.8 Å². The van der Waals surface area contributed by atoms with Crippen molar-refractivity contribution in [2.24, 2.45) is 0 Å². The third-order valence-electron chi connectivity index (χ3n) is 2.60. The van der Waals surface area contributed by atoms with Gasteiger partial charge >= 0.3 is 0 Å². The highest BCUT2D eigenvalue weighted by Gasteiger charge is 2.03. The molecule has 4 heteroatoms. The quantitative estimate of drug-likeness (QED) is 0.617. The van der Waals surface area contributed by atoms with E-state index in [0.717, 1.165) is 22.5 Å². The molecule has 4 nitrogen and oxygen atoms in total. The molecule has 0 bridgehead atoms. The summed E-state index contributed by atoms with van der Waals surface area (Å²) in [5, 5.41) is 4.07. The molecule has 3 heterocycles. The lowest BCUT2D eigenvalue weighted by atomic mass is 10.1. The Morgan fingerprint density at radius 1 is 1.19 bits per heavy atom. The molecule has 3 rings (SSSR count). The molecule has 0 saturated heterocycles. The van der Waals surface area contributed by atoms with E-state index in [4.69, 9.17) is 0 Å². The van der Waals surface area contributed by atoms with Crippen molar-refractivity contribution in [2.45, 2.75) is 6.92 Å². The number of rotatable bonds is 1. The van der Waals surface area contributed by atoms with Gasteiger partial charge in [0.05, 0.1) is 0 Å². The summed E-state index contributed by atoms with van der Waals surface area (Å²) in [4.78, 5) is 8.45. The summed E-state index contributed by atoms with van der Waals surface area (Å²) >= 11 is 0. The Labute approximate surface area is 92.6 Å². The van der Waals surface area contributed by atoms with Crippen molar-refractivity contribution in [3.63, 3.8) is 0 Å². The zero-order valence-electron chi connectivity index (χ0n) is 8.83. The number of aryl methyl sites for hydroxylation is 1. The van der Waals surface area contributed by atoms with Gasteiger partial charge in [0.1, 0.15) is 6.33 Å². The first kappa shape index (κ1) is 9.03. The summed E-state index contributed by atoms with van der Waals surface area (Å²) in [5.74, 6) is 0. The summed E-state index contributed by atoms with van der Waals surface area (Å²) in [5.41, 5.74) is 4.12. The number of aromatic nitrogens is 4. The van der Waals surface area contributed by atoms with Crippen molar-refractivity contribution in [3.8, 4) is 11.1 Å². The predicted octanol–water partition coefficient (Wildman–Crippen LogP) is 2.10. The molecular formula is C12H10N4. The van der Waals surface area contributed by atoms with Crippen molar-refractivity contribution >= 4 is 5.65 Å². The molecule has 0 amide bonds. The normalized spacial score (nSPS) is 10.8. The van der Waals surface area contributed by atoms with Crippen LogP contribution in [0.4, 0.5) is 0 Å². The van der Waals surface area contributed by atoms with Gasteiger partial charge in [0.25, 0.3) is 0 Å². The van der Waals surface area contributed by atoms with Gasteiger partial charge in [-0.25, -0.2) is 9.50 Å². The molecule has 0 aromatic carbocycles. The first-order valence-corrected chi connectivity index (χ1v) is 5.06. The molecule has 0 saturated carbocycles.